The summed E-state index contributed by atoms with van der Waals surface area (Å²) in [6.07, 6.45) is -2.04. The van der Waals surface area contributed by atoms with Crippen molar-refractivity contribution in [3.63, 3.8) is 0 Å². The van der Waals surface area contributed by atoms with Crippen molar-refractivity contribution in [2.24, 2.45) is 0 Å². The first kappa shape index (κ1) is 23.4. The van der Waals surface area contributed by atoms with E-state index in [9.17, 15) is 22.8 Å². The predicted molar refractivity (Wildman–Crippen MR) is 98.9 cm³/mol. The molecule has 1 amide bonds. The number of aryl methyl sites for hydroxylation is 1. The zero-order chi connectivity index (χ0) is 21.7. The Morgan fingerprint density at radius 3 is 2.00 bits per heavy atom. The fourth-order valence-electron chi connectivity index (χ4n) is 2.16. The molecule has 0 aliphatic rings. The molecule has 0 spiro atoms. The van der Waals surface area contributed by atoms with E-state index in [1.807, 2.05) is 0 Å². The molecule has 0 heterocycles. The fourth-order valence-corrected chi connectivity index (χ4v) is 3.60. The summed E-state index contributed by atoms with van der Waals surface area (Å²) in [6.45, 7) is 6.37. The summed E-state index contributed by atoms with van der Waals surface area (Å²) in [5.74, 6) is -2.00. The molecule has 0 unspecified atom stereocenters. The number of carbonyl (C=O) groups is 3. The number of benzene rings is 1. The third kappa shape index (κ3) is 5.95. The summed E-state index contributed by atoms with van der Waals surface area (Å²) >= 11 is 0. The van der Waals surface area contributed by atoms with Gasteiger partial charge < -0.3 is 14.2 Å². The Bertz CT molecular complexity index is 824. The monoisotopic (exact) mass is 415 g/mol. The highest BCUT2D eigenvalue weighted by atomic mass is 32.2. The number of rotatable bonds is 6. The molecule has 9 nitrogen and oxygen atoms in total. The number of hydrogen-bond donors (Lipinski definition) is 0. The number of hydrogen-bond acceptors (Lipinski definition) is 8. The van der Waals surface area contributed by atoms with E-state index in [0.717, 1.165) is 19.8 Å². The number of methoxy groups -OCH3 is 2. The van der Waals surface area contributed by atoms with Crippen LogP contribution in [0, 0.1) is 6.92 Å². The van der Waals surface area contributed by atoms with E-state index in [0.29, 0.717) is 0 Å². The fraction of sp³-hybridized carbons (Fsp3) is 0.500. The van der Waals surface area contributed by atoms with Crippen LogP contribution in [0.25, 0.3) is 0 Å². The lowest BCUT2D eigenvalue weighted by Crippen LogP contribution is -2.51. The summed E-state index contributed by atoms with van der Waals surface area (Å²) < 4.78 is 40.9. The van der Waals surface area contributed by atoms with E-state index in [2.05, 4.69) is 9.47 Å². The zero-order valence-corrected chi connectivity index (χ0v) is 17.5. The molecule has 1 aromatic carbocycles. The normalized spacial score (nSPS) is 12.6. The molecule has 28 heavy (non-hydrogen) atoms. The Kier molecular flexibility index (Phi) is 7.57. The predicted octanol–water partition coefficient (Wildman–Crippen LogP) is 2.03. The van der Waals surface area contributed by atoms with Crippen LogP contribution >= 0.6 is 0 Å². The van der Waals surface area contributed by atoms with Gasteiger partial charge in [-0.3, -0.25) is 4.79 Å². The van der Waals surface area contributed by atoms with Gasteiger partial charge >= 0.3 is 18.0 Å². The summed E-state index contributed by atoms with van der Waals surface area (Å²) in [7, 11) is -2.46. The molecule has 0 aliphatic carbocycles. The average molecular weight is 415 g/mol. The molecule has 0 fully saturated rings. The quantitative estimate of drug-likeness (QED) is 0.512. The van der Waals surface area contributed by atoms with Crippen molar-refractivity contribution in [1.82, 2.24) is 4.31 Å². The second-order valence-corrected chi connectivity index (χ2v) is 8.73. The maximum atomic E-state index is 13.2. The highest BCUT2D eigenvalue weighted by Gasteiger charge is 2.44. The minimum atomic E-state index is -4.55. The lowest BCUT2D eigenvalue weighted by atomic mass is 10.2. The third-order valence-corrected chi connectivity index (χ3v) is 5.28. The number of carbonyl (C=O) groups excluding carboxylic acids is 3. The van der Waals surface area contributed by atoms with Crippen LogP contribution in [-0.2, 0) is 33.8 Å². The molecule has 1 rings (SSSR count). The molecule has 0 radical (unpaired) electrons. The van der Waals surface area contributed by atoms with Crippen LogP contribution in [0.15, 0.2) is 29.2 Å². The van der Waals surface area contributed by atoms with Gasteiger partial charge in [0, 0.05) is 0 Å². The smallest absolute Gasteiger partial charge is 0.425 e. The Morgan fingerprint density at radius 1 is 1.04 bits per heavy atom. The first-order valence-electron chi connectivity index (χ1n) is 8.32. The largest absolute Gasteiger partial charge is 0.469 e. The number of nitrogens with zero attached hydrogens (tertiary/aromatic N) is 1. The van der Waals surface area contributed by atoms with Crippen LogP contribution in [-0.4, -0.2) is 56.6 Å². The summed E-state index contributed by atoms with van der Waals surface area (Å²) in [4.78, 5) is 36.5. The van der Waals surface area contributed by atoms with Gasteiger partial charge in [0.1, 0.15) is 5.60 Å². The van der Waals surface area contributed by atoms with E-state index in [-0.39, 0.29) is 9.20 Å². The van der Waals surface area contributed by atoms with E-state index in [4.69, 9.17) is 4.74 Å². The van der Waals surface area contributed by atoms with Gasteiger partial charge in [0.25, 0.3) is 10.0 Å². The number of ether oxygens (including phenoxy) is 3. The van der Waals surface area contributed by atoms with Crippen LogP contribution in [0.4, 0.5) is 4.79 Å². The van der Waals surface area contributed by atoms with Gasteiger partial charge in [-0.25, -0.2) is 18.0 Å². The van der Waals surface area contributed by atoms with E-state index >= 15 is 0 Å². The van der Waals surface area contributed by atoms with E-state index in [1.165, 1.54) is 45.0 Å². The molecular formula is C18H25NO8S. The Hall–Kier alpha value is -2.62. The average Bonchev–Trinajstić information content (AvgIpc) is 2.58. The van der Waals surface area contributed by atoms with Gasteiger partial charge in [-0.1, -0.05) is 17.7 Å². The first-order valence-corrected chi connectivity index (χ1v) is 9.76. The number of amides is 1. The summed E-state index contributed by atoms with van der Waals surface area (Å²) in [6, 6.07) is 3.85. The highest BCUT2D eigenvalue weighted by molar-refractivity contribution is 7.89. The molecule has 0 N–H and O–H groups in total. The minimum Gasteiger partial charge on any atom is -0.469 e. The zero-order valence-electron chi connectivity index (χ0n) is 16.7. The summed E-state index contributed by atoms with van der Waals surface area (Å²) in [5, 5.41) is 0. The maximum Gasteiger partial charge on any atom is 0.425 e. The number of esters is 2. The standard InChI is InChI=1S/C18H25NO8S/c1-12-7-9-13(10-8-12)28(23,24)19(17(22)27-18(2,3)4)14(16(21)26-6)11-15(20)25-5/h7-10,14H,11H2,1-6H3/t14-/m0/s1. The molecule has 0 aliphatic heterocycles. The van der Waals surface area contributed by atoms with Crippen molar-refractivity contribution in [2.45, 2.75) is 50.7 Å². The molecule has 0 saturated carbocycles. The Labute approximate surface area is 164 Å². The minimum absolute atomic E-state index is 0.228. The number of sulfonamides is 1. The molecule has 1 atom stereocenters. The van der Waals surface area contributed by atoms with Crippen LogP contribution in [0.5, 0.6) is 0 Å². The van der Waals surface area contributed by atoms with Crippen molar-refractivity contribution in [3.05, 3.63) is 29.8 Å². The van der Waals surface area contributed by atoms with Crippen LogP contribution < -0.4 is 0 Å². The SMILES string of the molecule is COC(=O)C[C@@H](C(=O)OC)N(C(=O)OC(C)(C)C)S(=O)(=O)c1ccc(C)cc1. The molecule has 10 heteroatoms. The van der Waals surface area contributed by atoms with Crippen molar-refractivity contribution in [1.29, 1.82) is 0 Å². The first-order chi connectivity index (χ1) is 12.8. The van der Waals surface area contributed by atoms with Gasteiger partial charge in [-0.05, 0) is 39.8 Å². The second kappa shape index (κ2) is 9.05. The topological polar surface area (TPSA) is 116 Å². The van der Waals surface area contributed by atoms with Gasteiger partial charge in [0.15, 0.2) is 6.04 Å². The van der Waals surface area contributed by atoms with E-state index < -0.39 is 46.1 Å². The lowest BCUT2D eigenvalue weighted by Gasteiger charge is -2.30. The van der Waals surface area contributed by atoms with Crippen LogP contribution in [0.3, 0.4) is 0 Å². The molecule has 0 bridgehead atoms. The van der Waals surface area contributed by atoms with Gasteiger partial charge in [-0.2, -0.15) is 4.31 Å². The molecule has 1 aromatic rings. The third-order valence-electron chi connectivity index (χ3n) is 3.50. The molecule has 0 saturated heterocycles. The lowest BCUT2D eigenvalue weighted by molar-refractivity contribution is -0.151. The Balaban J connectivity index is 3.56. The van der Waals surface area contributed by atoms with Crippen molar-refractivity contribution < 1.29 is 37.0 Å². The maximum absolute atomic E-state index is 13.2. The molecular weight excluding hydrogens is 390 g/mol. The van der Waals surface area contributed by atoms with Crippen molar-refractivity contribution >= 4 is 28.1 Å². The van der Waals surface area contributed by atoms with Crippen molar-refractivity contribution in [3.8, 4) is 0 Å². The molecule has 156 valence electrons. The van der Waals surface area contributed by atoms with E-state index in [1.54, 1.807) is 6.92 Å². The van der Waals surface area contributed by atoms with Gasteiger partial charge in [0.05, 0.1) is 25.5 Å². The van der Waals surface area contributed by atoms with Crippen molar-refractivity contribution in [2.75, 3.05) is 14.2 Å². The second-order valence-electron chi connectivity index (χ2n) is 6.91. The Morgan fingerprint density at radius 2 is 1.57 bits per heavy atom. The molecule has 0 aromatic heterocycles. The highest BCUT2D eigenvalue weighted by Crippen LogP contribution is 2.24. The van der Waals surface area contributed by atoms with Crippen LogP contribution in [0.1, 0.15) is 32.8 Å². The van der Waals surface area contributed by atoms with Gasteiger partial charge in [0.2, 0.25) is 0 Å². The summed E-state index contributed by atoms with van der Waals surface area (Å²) in [5.41, 5.74) is -0.258. The van der Waals surface area contributed by atoms with Gasteiger partial charge in [-0.15, -0.1) is 0 Å². The van der Waals surface area contributed by atoms with Crippen LogP contribution in [0.2, 0.25) is 0 Å².